The van der Waals surface area contributed by atoms with Gasteiger partial charge in [0.15, 0.2) is 0 Å². The topological polar surface area (TPSA) is 67.3 Å². The second kappa shape index (κ2) is 5.77. The molecule has 0 spiro atoms. The van der Waals surface area contributed by atoms with Gasteiger partial charge in [0.2, 0.25) is 5.95 Å². The van der Waals surface area contributed by atoms with Gasteiger partial charge in [0.1, 0.15) is 0 Å². The fraction of sp³-hybridized carbons (Fsp3) is 0.636. The van der Waals surface area contributed by atoms with Gasteiger partial charge in [-0.05, 0) is 24.3 Å². The standard InChI is InChI=1S/C11H17N3O2/c15-4-3-12-11-13-7-10(8-14-11)9-1-5-16-6-2-9/h7-9,15H,1-6H2,(H,12,13,14). The number of aromatic nitrogens is 2. The fourth-order valence-electron chi connectivity index (χ4n) is 1.84. The van der Waals surface area contributed by atoms with Crippen LogP contribution < -0.4 is 5.32 Å². The van der Waals surface area contributed by atoms with Crippen molar-refractivity contribution < 1.29 is 9.84 Å². The van der Waals surface area contributed by atoms with E-state index in [0.29, 0.717) is 18.4 Å². The summed E-state index contributed by atoms with van der Waals surface area (Å²) in [4.78, 5) is 8.43. The summed E-state index contributed by atoms with van der Waals surface area (Å²) in [7, 11) is 0. The van der Waals surface area contributed by atoms with E-state index in [-0.39, 0.29) is 6.61 Å². The number of rotatable bonds is 4. The zero-order valence-electron chi connectivity index (χ0n) is 9.22. The van der Waals surface area contributed by atoms with Crippen LogP contribution in [0.4, 0.5) is 5.95 Å². The van der Waals surface area contributed by atoms with E-state index in [9.17, 15) is 0 Å². The van der Waals surface area contributed by atoms with Crippen molar-refractivity contribution in [2.45, 2.75) is 18.8 Å². The molecule has 16 heavy (non-hydrogen) atoms. The summed E-state index contributed by atoms with van der Waals surface area (Å²) in [6.07, 6.45) is 5.82. The van der Waals surface area contributed by atoms with E-state index >= 15 is 0 Å². The highest BCUT2D eigenvalue weighted by Gasteiger charge is 2.16. The third kappa shape index (κ3) is 2.90. The Morgan fingerprint density at radius 1 is 1.31 bits per heavy atom. The van der Waals surface area contributed by atoms with E-state index in [4.69, 9.17) is 9.84 Å². The third-order valence-electron chi connectivity index (χ3n) is 2.76. The van der Waals surface area contributed by atoms with Gasteiger partial charge in [-0.1, -0.05) is 0 Å². The molecule has 5 heteroatoms. The summed E-state index contributed by atoms with van der Waals surface area (Å²) in [5, 5.41) is 11.6. The van der Waals surface area contributed by atoms with Crippen molar-refractivity contribution in [2.75, 3.05) is 31.7 Å². The largest absolute Gasteiger partial charge is 0.395 e. The second-order valence-corrected chi connectivity index (χ2v) is 3.88. The number of hydrogen-bond acceptors (Lipinski definition) is 5. The lowest BCUT2D eigenvalue weighted by atomic mass is 9.94. The van der Waals surface area contributed by atoms with Gasteiger partial charge >= 0.3 is 0 Å². The molecule has 1 aromatic rings. The van der Waals surface area contributed by atoms with Gasteiger partial charge in [-0.2, -0.15) is 0 Å². The maximum absolute atomic E-state index is 8.65. The molecule has 0 aliphatic carbocycles. The number of aliphatic hydroxyl groups is 1. The van der Waals surface area contributed by atoms with Gasteiger partial charge in [-0.3, -0.25) is 0 Å². The van der Waals surface area contributed by atoms with E-state index in [1.165, 1.54) is 5.56 Å². The number of nitrogens with one attached hydrogen (secondary N) is 1. The number of aliphatic hydroxyl groups excluding tert-OH is 1. The Morgan fingerprint density at radius 2 is 2.00 bits per heavy atom. The Kier molecular flexibility index (Phi) is 4.07. The zero-order chi connectivity index (χ0) is 11.2. The van der Waals surface area contributed by atoms with E-state index in [0.717, 1.165) is 26.1 Å². The SMILES string of the molecule is OCCNc1ncc(C2CCOCC2)cn1. The lowest BCUT2D eigenvalue weighted by Gasteiger charge is -2.21. The number of hydrogen-bond donors (Lipinski definition) is 2. The Balaban J connectivity index is 1.95. The van der Waals surface area contributed by atoms with Crippen LogP contribution in [0.1, 0.15) is 24.3 Å². The molecular formula is C11H17N3O2. The molecule has 2 rings (SSSR count). The van der Waals surface area contributed by atoms with Crippen molar-refractivity contribution in [2.24, 2.45) is 0 Å². The van der Waals surface area contributed by atoms with Crippen molar-refractivity contribution >= 4 is 5.95 Å². The van der Waals surface area contributed by atoms with Crippen LogP contribution in [0.3, 0.4) is 0 Å². The third-order valence-corrected chi connectivity index (χ3v) is 2.76. The van der Waals surface area contributed by atoms with Crippen molar-refractivity contribution in [1.29, 1.82) is 0 Å². The Labute approximate surface area is 94.9 Å². The summed E-state index contributed by atoms with van der Waals surface area (Å²) < 4.78 is 5.32. The molecule has 88 valence electrons. The van der Waals surface area contributed by atoms with Crippen LogP contribution >= 0.6 is 0 Å². The molecule has 5 nitrogen and oxygen atoms in total. The quantitative estimate of drug-likeness (QED) is 0.789. The minimum Gasteiger partial charge on any atom is -0.395 e. The molecule has 1 saturated heterocycles. The molecule has 0 amide bonds. The molecule has 0 aromatic carbocycles. The first-order valence-corrected chi connectivity index (χ1v) is 5.64. The molecule has 1 aliphatic rings. The minimum atomic E-state index is 0.0884. The Bertz CT molecular complexity index is 310. The van der Waals surface area contributed by atoms with Gasteiger partial charge in [0.05, 0.1) is 6.61 Å². The summed E-state index contributed by atoms with van der Waals surface area (Å²) in [6.45, 7) is 2.23. The van der Waals surface area contributed by atoms with Crippen LogP contribution in [-0.4, -0.2) is 41.4 Å². The fourth-order valence-corrected chi connectivity index (χ4v) is 1.84. The highest BCUT2D eigenvalue weighted by Crippen LogP contribution is 2.25. The molecule has 2 heterocycles. The molecule has 0 unspecified atom stereocenters. The molecule has 0 bridgehead atoms. The average molecular weight is 223 g/mol. The van der Waals surface area contributed by atoms with Crippen LogP contribution in [0.25, 0.3) is 0 Å². The van der Waals surface area contributed by atoms with Crippen LogP contribution in [0.5, 0.6) is 0 Å². The molecule has 0 radical (unpaired) electrons. The molecule has 1 fully saturated rings. The van der Waals surface area contributed by atoms with Gasteiger partial charge in [-0.15, -0.1) is 0 Å². The molecular weight excluding hydrogens is 206 g/mol. The van der Waals surface area contributed by atoms with E-state index in [1.54, 1.807) is 0 Å². The molecule has 1 aromatic heterocycles. The highest BCUT2D eigenvalue weighted by molar-refractivity contribution is 5.25. The zero-order valence-corrected chi connectivity index (χ0v) is 9.22. The summed E-state index contributed by atoms with van der Waals surface area (Å²) >= 11 is 0. The van der Waals surface area contributed by atoms with Crippen molar-refractivity contribution in [3.63, 3.8) is 0 Å². The minimum absolute atomic E-state index is 0.0884. The number of nitrogens with zero attached hydrogens (tertiary/aromatic N) is 2. The van der Waals surface area contributed by atoms with Crippen LogP contribution in [0, 0.1) is 0 Å². The maximum atomic E-state index is 8.65. The second-order valence-electron chi connectivity index (χ2n) is 3.88. The predicted molar refractivity (Wildman–Crippen MR) is 60.4 cm³/mol. The normalized spacial score (nSPS) is 17.3. The van der Waals surface area contributed by atoms with Gasteiger partial charge in [-0.25, -0.2) is 9.97 Å². The van der Waals surface area contributed by atoms with E-state index < -0.39 is 0 Å². The van der Waals surface area contributed by atoms with Crippen molar-refractivity contribution in [3.05, 3.63) is 18.0 Å². The van der Waals surface area contributed by atoms with E-state index in [2.05, 4.69) is 15.3 Å². The van der Waals surface area contributed by atoms with Gasteiger partial charge < -0.3 is 15.2 Å². The first kappa shape index (κ1) is 11.3. The summed E-state index contributed by atoms with van der Waals surface area (Å²) in [5.74, 6) is 1.10. The van der Waals surface area contributed by atoms with Crippen molar-refractivity contribution in [1.82, 2.24) is 9.97 Å². The lowest BCUT2D eigenvalue weighted by Crippen LogP contribution is -2.15. The average Bonchev–Trinajstić information content (AvgIpc) is 2.38. The molecule has 0 saturated carbocycles. The number of ether oxygens (including phenoxy) is 1. The smallest absolute Gasteiger partial charge is 0.222 e. The lowest BCUT2D eigenvalue weighted by molar-refractivity contribution is 0.0852. The first-order chi connectivity index (χ1) is 7.90. The summed E-state index contributed by atoms with van der Waals surface area (Å²) in [6, 6.07) is 0. The Morgan fingerprint density at radius 3 is 2.62 bits per heavy atom. The van der Waals surface area contributed by atoms with Gasteiger partial charge in [0.25, 0.3) is 0 Å². The monoisotopic (exact) mass is 223 g/mol. The van der Waals surface area contributed by atoms with Gasteiger partial charge in [0, 0.05) is 32.2 Å². The molecule has 0 atom stereocenters. The van der Waals surface area contributed by atoms with Crippen LogP contribution in [0.2, 0.25) is 0 Å². The summed E-state index contributed by atoms with van der Waals surface area (Å²) in [5.41, 5.74) is 1.18. The Hall–Kier alpha value is -1.20. The maximum Gasteiger partial charge on any atom is 0.222 e. The first-order valence-electron chi connectivity index (χ1n) is 5.64. The van der Waals surface area contributed by atoms with Crippen molar-refractivity contribution in [3.8, 4) is 0 Å². The number of anilines is 1. The molecule has 2 N–H and O–H groups in total. The van der Waals surface area contributed by atoms with E-state index in [1.807, 2.05) is 12.4 Å². The highest BCUT2D eigenvalue weighted by atomic mass is 16.5. The predicted octanol–water partition coefficient (Wildman–Crippen LogP) is 0.775. The molecule has 1 aliphatic heterocycles. The van der Waals surface area contributed by atoms with Crippen LogP contribution in [-0.2, 0) is 4.74 Å². The van der Waals surface area contributed by atoms with Crippen LogP contribution in [0.15, 0.2) is 12.4 Å².